The van der Waals surface area contributed by atoms with E-state index in [1.165, 1.54) is 48.2 Å². The number of piperazine rings is 1. The third-order valence-corrected chi connectivity index (χ3v) is 5.63. The summed E-state index contributed by atoms with van der Waals surface area (Å²) in [6.07, 6.45) is 2.36. The maximum absolute atomic E-state index is 5.86. The van der Waals surface area contributed by atoms with Crippen molar-refractivity contribution in [1.82, 2.24) is 15.1 Å². The first kappa shape index (κ1) is 17.5. The van der Waals surface area contributed by atoms with Crippen LogP contribution < -0.4 is 10.1 Å². The molecule has 1 aromatic carbocycles. The molecular weight excluding hydrogens is 378 g/mol. The summed E-state index contributed by atoms with van der Waals surface area (Å²) in [6, 6.07) is 5.20. The van der Waals surface area contributed by atoms with E-state index >= 15 is 0 Å². The number of ether oxygens (including phenoxy) is 1. The first-order chi connectivity index (χ1) is 10.8. The molecule has 0 spiro atoms. The Morgan fingerprint density at radius 1 is 1.22 bits per heavy atom. The molecule has 0 aliphatic carbocycles. The number of hydrogen-bond acceptors (Lipinski definition) is 4. The zero-order valence-corrected chi connectivity index (χ0v) is 15.8. The zero-order valence-electron chi connectivity index (χ0n) is 13.4. The van der Waals surface area contributed by atoms with Gasteiger partial charge in [0.15, 0.2) is 0 Å². The Kier molecular flexibility index (Phi) is 5.86. The van der Waals surface area contributed by atoms with Crippen LogP contribution in [0, 0.1) is 0 Å². The molecule has 2 saturated heterocycles. The Bertz CT molecular complexity index is 543. The number of nitrogens with one attached hydrogen (secondary N) is 1. The topological polar surface area (TPSA) is 27.7 Å². The van der Waals surface area contributed by atoms with Gasteiger partial charge >= 0.3 is 0 Å². The molecule has 0 bridgehead atoms. The maximum Gasteiger partial charge on any atom is 0.127 e. The van der Waals surface area contributed by atoms with Crippen LogP contribution in [0.4, 0.5) is 0 Å². The van der Waals surface area contributed by atoms with Crippen LogP contribution in [0.2, 0.25) is 0 Å². The lowest BCUT2D eigenvalue weighted by molar-refractivity contribution is 0.0975. The lowest BCUT2D eigenvalue weighted by Gasteiger charge is -2.38. The molecule has 4 rings (SSSR count). The van der Waals surface area contributed by atoms with Crippen LogP contribution in [0.25, 0.3) is 0 Å². The van der Waals surface area contributed by atoms with Gasteiger partial charge in [-0.15, -0.1) is 12.4 Å². The van der Waals surface area contributed by atoms with E-state index in [1.54, 1.807) is 0 Å². The average Bonchev–Trinajstić information content (AvgIpc) is 3.18. The number of benzene rings is 1. The van der Waals surface area contributed by atoms with E-state index in [0.717, 1.165) is 44.5 Å². The molecule has 1 aromatic rings. The van der Waals surface area contributed by atoms with Crippen LogP contribution in [0.5, 0.6) is 5.75 Å². The van der Waals surface area contributed by atoms with Crippen LogP contribution in [0.1, 0.15) is 17.5 Å². The molecule has 3 aliphatic heterocycles. The van der Waals surface area contributed by atoms with Gasteiger partial charge in [-0.25, -0.2) is 0 Å². The third kappa shape index (κ3) is 3.85. The summed E-state index contributed by atoms with van der Waals surface area (Å²) in [5.41, 5.74) is 2.71. The first-order valence-electron chi connectivity index (χ1n) is 8.41. The molecule has 1 atom stereocenters. The normalized spacial score (nSPS) is 25.0. The average molecular weight is 403 g/mol. The Labute approximate surface area is 153 Å². The molecule has 23 heavy (non-hydrogen) atoms. The van der Waals surface area contributed by atoms with Gasteiger partial charge < -0.3 is 10.1 Å². The smallest absolute Gasteiger partial charge is 0.127 e. The highest BCUT2D eigenvalue weighted by molar-refractivity contribution is 9.10. The predicted octanol–water partition coefficient (Wildman–Crippen LogP) is 2.29. The second-order valence-electron chi connectivity index (χ2n) is 6.61. The molecule has 0 saturated carbocycles. The molecule has 1 N–H and O–H groups in total. The quantitative estimate of drug-likeness (QED) is 0.839. The Morgan fingerprint density at radius 3 is 2.78 bits per heavy atom. The molecule has 6 heteroatoms. The van der Waals surface area contributed by atoms with Crippen LogP contribution >= 0.6 is 28.3 Å². The van der Waals surface area contributed by atoms with Crippen molar-refractivity contribution in [2.24, 2.45) is 0 Å². The standard InChI is InChI=1S/C17H24BrN3O.ClH/c18-15-9-13-2-8-22-17(13)14(10-15)12-20-4-6-21(7-5-20)16-1-3-19-11-16;/h9-10,16,19H,1-8,11-12H2;1H. The van der Waals surface area contributed by atoms with E-state index < -0.39 is 0 Å². The van der Waals surface area contributed by atoms with Crippen molar-refractivity contribution in [2.75, 3.05) is 45.9 Å². The second-order valence-corrected chi connectivity index (χ2v) is 7.53. The fourth-order valence-electron chi connectivity index (χ4n) is 3.94. The van der Waals surface area contributed by atoms with Gasteiger partial charge in [-0.05, 0) is 30.7 Å². The lowest BCUT2D eigenvalue weighted by atomic mass is 10.1. The van der Waals surface area contributed by atoms with Crippen molar-refractivity contribution in [3.8, 4) is 5.75 Å². The molecule has 0 amide bonds. The Hall–Kier alpha value is -0.330. The highest BCUT2D eigenvalue weighted by atomic mass is 79.9. The number of nitrogens with zero attached hydrogens (tertiary/aromatic N) is 2. The summed E-state index contributed by atoms with van der Waals surface area (Å²) >= 11 is 3.65. The highest BCUT2D eigenvalue weighted by Crippen LogP contribution is 2.33. The van der Waals surface area contributed by atoms with E-state index in [1.807, 2.05) is 0 Å². The van der Waals surface area contributed by atoms with E-state index in [4.69, 9.17) is 4.74 Å². The largest absolute Gasteiger partial charge is 0.493 e. The Balaban J connectivity index is 0.00000156. The van der Waals surface area contributed by atoms with E-state index in [2.05, 4.69) is 43.2 Å². The van der Waals surface area contributed by atoms with E-state index in [0.29, 0.717) is 0 Å². The van der Waals surface area contributed by atoms with Crippen molar-refractivity contribution in [2.45, 2.75) is 25.4 Å². The minimum absolute atomic E-state index is 0. The summed E-state index contributed by atoms with van der Waals surface area (Å²) in [5, 5.41) is 3.48. The van der Waals surface area contributed by atoms with Gasteiger partial charge in [-0.3, -0.25) is 9.80 Å². The van der Waals surface area contributed by atoms with Crippen LogP contribution in [0.3, 0.4) is 0 Å². The van der Waals surface area contributed by atoms with Crippen molar-refractivity contribution in [1.29, 1.82) is 0 Å². The number of halogens is 2. The van der Waals surface area contributed by atoms with Gasteiger partial charge in [-0.2, -0.15) is 0 Å². The van der Waals surface area contributed by atoms with Gasteiger partial charge in [-0.1, -0.05) is 15.9 Å². The molecule has 3 aliphatic rings. The minimum Gasteiger partial charge on any atom is -0.493 e. The van der Waals surface area contributed by atoms with Crippen LogP contribution in [-0.4, -0.2) is 61.7 Å². The molecule has 1 unspecified atom stereocenters. The van der Waals surface area contributed by atoms with Gasteiger partial charge in [0.2, 0.25) is 0 Å². The van der Waals surface area contributed by atoms with Crippen molar-refractivity contribution in [3.05, 3.63) is 27.7 Å². The van der Waals surface area contributed by atoms with E-state index in [9.17, 15) is 0 Å². The molecule has 4 nitrogen and oxygen atoms in total. The highest BCUT2D eigenvalue weighted by Gasteiger charge is 2.27. The predicted molar refractivity (Wildman–Crippen MR) is 98.7 cm³/mol. The SMILES string of the molecule is Brc1cc2c(c(CN3CCN(C4CCNC4)CC3)c1)OCC2.Cl. The third-order valence-electron chi connectivity index (χ3n) is 5.18. The van der Waals surface area contributed by atoms with Gasteiger partial charge in [0.05, 0.1) is 6.61 Å². The summed E-state index contributed by atoms with van der Waals surface area (Å²) < 4.78 is 7.05. The molecule has 0 aromatic heterocycles. The van der Waals surface area contributed by atoms with Gasteiger partial charge in [0.25, 0.3) is 0 Å². The fourth-order valence-corrected chi connectivity index (χ4v) is 4.49. The summed E-state index contributed by atoms with van der Waals surface area (Å²) in [4.78, 5) is 5.24. The summed E-state index contributed by atoms with van der Waals surface area (Å²) in [7, 11) is 0. The molecule has 2 fully saturated rings. The lowest BCUT2D eigenvalue weighted by Crippen LogP contribution is -2.50. The zero-order chi connectivity index (χ0) is 14.9. The molecule has 3 heterocycles. The van der Waals surface area contributed by atoms with Crippen molar-refractivity contribution >= 4 is 28.3 Å². The summed E-state index contributed by atoms with van der Waals surface area (Å²) in [6.45, 7) is 8.93. The van der Waals surface area contributed by atoms with Gasteiger partial charge in [0.1, 0.15) is 5.75 Å². The van der Waals surface area contributed by atoms with Crippen molar-refractivity contribution in [3.63, 3.8) is 0 Å². The second kappa shape index (κ2) is 7.70. The minimum atomic E-state index is 0. The molecular formula is C17H25BrClN3O. The van der Waals surface area contributed by atoms with Gasteiger partial charge in [0, 0.05) is 61.8 Å². The molecule has 0 radical (unpaired) electrons. The number of hydrogen-bond donors (Lipinski definition) is 1. The van der Waals surface area contributed by atoms with Crippen LogP contribution in [-0.2, 0) is 13.0 Å². The van der Waals surface area contributed by atoms with Crippen LogP contribution in [0.15, 0.2) is 16.6 Å². The summed E-state index contributed by atoms with van der Waals surface area (Å²) in [5.74, 6) is 1.14. The number of rotatable bonds is 3. The Morgan fingerprint density at radius 2 is 2.04 bits per heavy atom. The fraction of sp³-hybridized carbons (Fsp3) is 0.647. The van der Waals surface area contributed by atoms with Crippen molar-refractivity contribution < 1.29 is 4.74 Å². The molecule has 128 valence electrons. The monoisotopic (exact) mass is 401 g/mol. The number of fused-ring (bicyclic) bond motifs is 1. The first-order valence-corrected chi connectivity index (χ1v) is 9.20. The van der Waals surface area contributed by atoms with E-state index in [-0.39, 0.29) is 12.4 Å². The maximum atomic E-state index is 5.86.